The van der Waals surface area contributed by atoms with E-state index < -0.39 is 6.17 Å². The largest absolute Gasteiger partial charge is 0.473 e. The van der Waals surface area contributed by atoms with Crippen LogP contribution in [0.15, 0.2) is 24.4 Å². The fraction of sp³-hybridized carbons (Fsp3) is 0.625. The van der Waals surface area contributed by atoms with E-state index in [0.717, 1.165) is 25.3 Å². The van der Waals surface area contributed by atoms with E-state index in [1.807, 2.05) is 34.9 Å². The lowest BCUT2D eigenvalue weighted by Gasteiger charge is -2.49. The average molecular weight is 322 g/mol. The van der Waals surface area contributed by atoms with Gasteiger partial charge in [0, 0.05) is 43.4 Å². The number of nitrogens with zero attached hydrogens (tertiary/aromatic N) is 2. The number of aromatic nitrogens is 1. The average Bonchev–Trinajstić information content (AvgIpc) is 2.87. The van der Waals surface area contributed by atoms with E-state index in [9.17, 15) is 9.18 Å². The molecular weight excluding hydrogens is 303 g/mol. The minimum absolute atomic E-state index is 0.0701. The second kappa shape index (κ2) is 5.41. The highest BCUT2D eigenvalue weighted by Gasteiger charge is 2.53. The van der Waals surface area contributed by atoms with E-state index in [2.05, 4.69) is 4.98 Å². The molecule has 0 aromatic carbocycles. The van der Waals surface area contributed by atoms with Gasteiger partial charge >= 0.3 is 0 Å². The third-order valence-corrected chi connectivity index (χ3v) is 6.38. The van der Waals surface area contributed by atoms with Gasteiger partial charge in [0.1, 0.15) is 12.3 Å². The van der Waals surface area contributed by atoms with Crippen LogP contribution in [0.1, 0.15) is 19.3 Å². The third kappa shape index (κ3) is 2.57. The maximum absolute atomic E-state index is 12.9. The number of pyridine rings is 1. The van der Waals surface area contributed by atoms with E-state index in [0.29, 0.717) is 18.7 Å². The normalized spacial score (nSPS) is 32.4. The smallest absolute Gasteiger partial charge is 0.225 e. The van der Waals surface area contributed by atoms with E-state index >= 15 is 0 Å². The van der Waals surface area contributed by atoms with E-state index in [1.165, 1.54) is 0 Å². The van der Waals surface area contributed by atoms with Crippen molar-refractivity contribution in [2.45, 2.75) is 36.3 Å². The number of hydrogen-bond acceptors (Lipinski definition) is 4. The van der Waals surface area contributed by atoms with Gasteiger partial charge in [-0.2, -0.15) is 0 Å². The Kier molecular flexibility index (Phi) is 3.51. The molecule has 1 amide bonds. The van der Waals surface area contributed by atoms with Crippen LogP contribution in [0, 0.1) is 5.92 Å². The Morgan fingerprint density at radius 3 is 2.91 bits per heavy atom. The minimum atomic E-state index is -0.763. The van der Waals surface area contributed by atoms with Crippen LogP contribution in [0.4, 0.5) is 4.39 Å². The van der Waals surface area contributed by atoms with Gasteiger partial charge in [-0.3, -0.25) is 4.79 Å². The van der Waals surface area contributed by atoms with Gasteiger partial charge in [-0.15, -0.1) is 11.8 Å². The van der Waals surface area contributed by atoms with Crippen LogP contribution in [0.5, 0.6) is 5.88 Å². The van der Waals surface area contributed by atoms with Crippen LogP contribution in [0.25, 0.3) is 0 Å². The fourth-order valence-corrected chi connectivity index (χ4v) is 5.02. The van der Waals surface area contributed by atoms with Gasteiger partial charge in [-0.05, 0) is 18.9 Å². The molecule has 1 saturated carbocycles. The number of hydrogen-bond donors (Lipinski definition) is 0. The zero-order valence-electron chi connectivity index (χ0n) is 12.3. The Bertz CT molecular complexity index is 559. The highest BCUT2D eigenvalue weighted by atomic mass is 32.2. The summed E-state index contributed by atoms with van der Waals surface area (Å²) in [4.78, 5) is 18.3. The molecule has 0 bridgehead atoms. The zero-order valence-corrected chi connectivity index (χ0v) is 13.1. The Morgan fingerprint density at radius 1 is 1.41 bits per heavy atom. The first kappa shape index (κ1) is 14.3. The van der Waals surface area contributed by atoms with E-state index in [-0.39, 0.29) is 22.7 Å². The predicted molar refractivity (Wildman–Crippen MR) is 82.7 cm³/mol. The first-order valence-electron chi connectivity index (χ1n) is 7.78. The molecule has 118 valence electrons. The topological polar surface area (TPSA) is 42.4 Å². The van der Waals surface area contributed by atoms with Gasteiger partial charge in [0.05, 0.1) is 4.75 Å². The predicted octanol–water partition coefficient (Wildman–Crippen LogP) is 2.29. The molecule has 0 N–H and O–H groups in total. The van der Waals surface area contributed by atoms with Gasteiger partial charge in [0.25, 0.3) is 0 Å². The van der Waals surface area contributed by atoms with Crippen LogP contribution < -0.4 is 4.74 Å². The number of likely N-dealkylation sites (tertiary alicyclic amines) is 1. The molecule has 2 saturated heterocycles. The summed E-state index contributed by atoms with van der Waals surface area (Å²) in [5, 5.41) is 0. The van der Waals surface area contributed by atoms with Crippen molar-refractivity contribution in [2.24, 2.45) is 5.92 Å². The van der Waals surface area contributed by atoms with Crippen LogP contribution in [-0.4, -0.2) is 51.7 Å². The zero-order chi connectivity index (χ0) is 15.2. The molecule has 4 nitrogen and oxygen atoms in total. The molecule has 1 spiro atoms. The molecule has 3 aliphatic rings. The lowest BCUT2D eigenvalue weighted by Crippen LogP contribution is -2.62. The number of carbonyl (C=O) groups is 1. The highest BCUT2D eigenvalue weighted by molar-refractivity contribution is 8.01. The van der Waals surface area contributed by atoms with Crippen molar-refractivity contribution >= 4 is 17.7 Å². The van der Waals surface area contributed by atoms with Crippen molar-refractivity contribution in [3.8, 4) is 5.88 Å². The summed E-state index contributed by atoms with van der Waals surface area (Å²) in [5.41, 5.74) is 0. The van der Waals surface area contributed by atoms with Gasteiger partial charge in [-0.25, -0.2) is 9.37 Å². The molecule has 1 aromatic rings. The van der Waals surface area contributed by atoms with Gasteiger partial charge in [0.2, 0.25) is 11.8 Å². The molecule has 3 heterocycles. The van der Waals surface area contributed by atoms with Crippen molar-refractivity contribution in [2.75, 3.05) is 18.8 Å². The molecule has 0 unspecified atom stereocenters. The maximum atomic E-state index is 12.9. The van der Waals surface area contributed by atoms with Crippen LogP contribution in [0.3, 0.4) is 0 Å². The second-order valence-electron chi connectivity index (χ2n) is 6.57. The number of rotatable bonds is 3. The monoisotopic (exact) mass is 322 g/mol. The number of halogens is 1. The molecule has 22 heavy (non-hydrogen) atoms. The lowest BCUT2D eigenvalue weighted by atomic mass is 9.80. The molecule has 1 aromatic heterocycles. The number of carbonyl (C=O) groups excluding carboxylic acids is 1. The third-order valence-electron chi connectivity index (χ3n) is 4.80. The molecule has 3 fully saturated rings. The lowest BCUT2D eigenvalue weighted by molar-refractivity contribution is -0.146. The summed E-state index contributed by atoms with van der Waals surface area (Å²) in [5.74, 6) is 1.68. The molecule has 0 radical (unpaired) electrons. The van der Waals surface area contributed by atoms with Crippen molar-refractivity contribution in [1.82, 2.24) is 9.88 Å². The first-order valence-corrected chi connectivity index (χ1v) is 8.77. The SMILES string of the molecule is O=C(C1CC(F)C1)N1CC2(C[C@H](Oc3ccccn3)CS2)C1. The summed E-state index contributed by atoms with van der Waals surface area (Å²) in [7, 11) is 0. The first-order chi connectivity index (χ1) is 10.6. The van der Waals surface area contributed by atoms with E-state index in [1.54, 1.807) is 6.20 Å². The quantitative estimate of drug-likeness (QED) is 0.856. The van der Waals surface area contributed by atoms with E-state index in [4.69, 9.17) is 4.74 Å². The summed E-state index contributed by atoms with van der Waals surface area (Å²) >= 11 is 1.90. The number of amides is 1. The Morgan fingerprint density at radius 2 is 2.23 bits per heavy atom. The molecule has 6 heteroatoms. The van der Waals surface area contributed by atoms with Crippen LogP contribution in [-0.2, 0) is 4.79 Å². The van der Waals surface area contributed by atoms with Crippen molar-refractivity contribution in [3.63, 3.8) is 0 Å². The number of ether oxygens (including phenoxy) is 1. The van der Waals surface area contributed by atoms with Crippen molar-refractivity contribution < 1.29 is 13.9 Å². The number of thioether (sulfide) groups is 1. The fourth-order valence-electron chi connectivity index (χ4n) is 3.50. The second-order valence-corrected chi connectivity index (χ2v) is 8.05. The van der Waals surface area contributed by atoms with Crippen LogP contribution >= 0.6 is 11.8 Å². The Balaban J connectivity index is 1.28. The standard InChI is InChI=1S/C16H19FN2O2S/c17-12-5-11(6-12)15(20)19-9-16(10-19)7-13(8-22-16)21-14-3-1-2-4-18-14/h1-4,11-13H,5-10H2/t11?,12?,13-/m0/s1. The molecule has 4 rings (SSSR count). The molecule has 1 aliphatic carbocycles. The summed E-state index contributed by atoms with van der Waals surface area (Å²) in [6.45, 7) is 1.57. The maximum Gasteiger partial charge on any atom is 0.225 e. The summed E-state index contributed by atoms with van der Waals surface area (Å²) in [6.07, 6.45) is 2.92. The molecule has 1 atom stereocenters. The molecule has 2 aliphatic heterocycles. The van der Waals surface area contributed by atoms with Crippen molar-refractivity contribution in [1.29, 1.82) is 0 Å². The number of alkyl halides is 1. The Hall–Kier alpha value is -1.30. The summed E-state index contributed by atoms with van der Waals surface area (Å²) < 4.78 is 18.9. The van der Waals surface area contributed by atoms with Crippen molar-refractivity contribution in [3.05, 3.63) is 24.4 Å². The van der Waals surface area contributed by atoms with Gasteiger partial charge in [-0.1, -0.05) is 6.07 Å². The van der Waals surface area contributed by atoms with Gasteiger partial charge < -0.3 is 9.64 Å². The van der Waals surface area contributed by atoms with Gasteiger partial charge in [0.15, 0.2) is 0 Å². The molecular formula is C16H19FN2O2S. The highest BCUT2D eigenvalue weighted by Crippen LogP contribution is 2.47. The summed E-state index contributed by atoms with van der Waals surface area (Å²) in [6, 6.07) is 5.66. The van der Waals surface area contributed by atoms with Crippen LogP contribution in [0.2, 0.25) is 0 Å². The minimum Gasteiger partial charge on any atom is -0.473 e. The Labute approximate surface area is 133 Å².